The van der Waals surface area contributed by atoms with Gasteiger partial charge in [0.1, 0.15) is 0 Å². The van der Waals surface area contributed by atoms with Crippen molar-refractivity contribution in [3.8, 4) is 0 Å². The molecule has 6 unspecified atom stereocenters. The molecule has 186 valence electrons. The molecular weight excluding hydrogens is 418 g/mol. The van der Waals surface area contributed by atoms with Crippen LogP contribution in [-0.2, 0) is 9.59 Å². The lowest BCUT2D eigenvalue weighted by atomic mass is 9.76. The summed E-state index contributed by atoms with van der Waals surface area (Å²) in [7, 11) is 2.15. The van der Waals surface area contributed by atoms with Crippen LogP contribution in [0.15, 0.2) is 0 Å². The molecular formula is C25H43N5O3. The Morgan fingerprint density at radius 3 is 2.52 bits per heavy atom. The number of amides is 2. The largest absolute Gasteiger partial charge is 0.392 e. The summed E-state index contributed by atoms with van der Waals surface area (Å²) in [5.41, 5.74) is 6.58. The van der Waals surface area contributed by atoms with Gasteiger partial charge in [0.25, 0.3) is 0 Å². The lowest BCUT2D eigenvalue weighted by Gasteiger charge is -2.36. The van der Waals surface area contributed by atoms with Gasteiger partial charge in [-0.1, -0.05) is 26.2 Å². The highest BCUT2D eigenvalue weighted by Gasteiger charge is 2.56. The molecule has 0 radical (unpaired) electrons. The van der Waals surface area contributed by atoms with E-state index < -0.39 is 0 Å². The second-order valence-corrected chi connectivity index (χ2v) is 11.7. The van der Waals surface area contributed by atoms with Crippen molar-refractivity contribution in [1.29, 1.82) is 0 Å². The van der Waals surface area contributed by atoms with E-state index in [-0.39, 0.29) is 35.8 Å². The minimum Gasteiger partial charge on any atom is -0.392 e. The van der Waals surface area contributed by atoms with Gasteiger partial charge >= 0.3 is 0 Å². The molecule has 4 N–H and O–H groups in total. The molecule has 2 aliphatic heterocycles. The van der Waals surface area contributed by atoms with Crippen LogP contribution in [0.5, 0.6) is 0 Å². The Kier molecular flexibility index (Phi) is 6.98. The first-order chi connectivity index (χ1) is 15.9. The van der Waals surface area contributed by atoms with E-state index in [1.54, 1.807) is 0 Å². The number of hydrazine groups is 1. The summed E-state index contributed by atoms with van der Waals surface area (Å²) in [6.07, 6.45) is 9.36. The normalized spacial score (nSPS) is 42.1. The standard InChI is InChI=1S/C25H43N5O3/c1-15(9-22-28-26-14-29(22)2)16-5-4-8-19(11-16)27-24(32)17-6-3-7-18(10-17)25(33)30-12-20-21(13-30)23(20)31/h15-23,26,28,31H,3-14H2,1-2H3,(H,27,32)/t15-,16?,17?,18?,19?,20-,21+,22?,23?/m1/s1. The molecule has 0 spiro atoms. The Morgan fingerprint density at radius 2 is 1.79 bits per heavy atom. The predicted molar refractivity (Wildman–Crippen MR) is 125 cm³/mol. The van der Waals surface area contributed by atoms with Gasteiger partial charge in [0, 0.05) is 42.8 Å². The third-order valence-electron chi connectivity index (χ3n) is 9.44. The molecule has 3 aliphatic carbocycles. The van der Waals surface area contributed by atoms with Crippen molar-refractivity contribution in [2.24, 2.45) is 35.5 Å². The molecule has 5 rings (SSSR count). The van der Waals surface area contributed by atoms with E-state index in [1.807, 2.05) is 4.90 Å². The Hall–Kier alpha value is -1.22. The number of carbonyl (C=O) groups is 2. The zero-order valence-electron chi connectivity index (χ0n) is 20.3. The van der Waals surface area contributed by atoms with Gasteiger partial charge in [-0.2, -0.15) is 0 Å². The molecule has 9 atom stereocenters. The van der Waals surface area contributed by atoms with E-state index >= 15 is 0 Å². The average Bonchev–Trinajstić information content (AvgIpc) is 3.17. The molecule has 3 saturated carbocycles. The number of hydrogen-bond acceptors (Lipinski definition) is 6. The van der Waals surface area contributed by atoms with Gasteiger partial charge in [-0.3, -0.25) is 14.5 Å². The summed E-state index contributed by atoms with van der Waals surface area (Å²) in [5.74, 6) is 2.22. The smallest absolute Gasteiger partial charge is 0.225 e. The fraction of sp³-hybridized carbons (Fsp3) is 0.920. The quantitative estimate of drug-likeness (QED) is 0.476. The summed E-state index contributed by atoms with van der Waals surface area (Å²) in [6, 6.07) is 0.273. The second-order valence-electron chi connectivity index (χ2n) is 11.7. The maximum atomic E-state index is 13.2. The molecule has 2 heterocycles. The van der Waals surface area contributed by atoms with Crippen molar-refractivity contribution in [3.63, 3.8) is 0 Å². The highest BCUT2D eigenvalue weighted by atomic mass is 16.3. The van der Waals surface area contributed by atoms with Gasteiger partial charge in [0.15, 0.2) is 0 Å². The zero-order valence-corrected chi connectivity index (χ0v) is 20.3. The van der Waals surface area contributed by atoms with Crippen LogP contribution in [-0.4, -0.2) is 71.8 Å². The summed E-state index contributed by atoms with van der Waals surface area (Å²) in [5, 5.41) is 13.2. The minimum atomic E-state index is -0.187. The second kappa shape index (κ2) is 9.80. The number of aliphatic hydroxyl groups is 1. The Labute approximate surface area is 198 Å². The molecule has 8 nitrogen and oxygen atoms in total. The summed E-state index contributed by atoms with van der Waals surface area (Å²) < 4.78 is 0. The highest BCUT2D eigenvalue weighted by molar-refractivity contribution is 5.83. The highest BCUT2D eigenvalue weighted by Crippen LogP contribution is 2.46. The molecule has 0 aromatic carbocycles. The van der Waals surface area contributed by atoms with E-state index in [4.69, 9.17) is 0 Å². The molecule has 8 heteroatoms. The zero-order chi connectivity index (χ0) is 23.1. The number of nitrogens with one attached hydrogen (secondary N) is 3. The maximum absolute atomic E-state index is 13.2. The SMILES string of the molecule is C[C@H](CC1NNCN1C)C1CCCC(NC(=O)C2CCCC(C(=O)N3C[C@@H]4C(O)[C@@H]4C3)C2)C1. The van der Waals surface area contributed by atoms with Gasteiger partial charge in [-0.05, 0) is 57.4 Å². The van der Waals surface area contributed by atoms with Gasteiger partial charge < -0.3 is 15.3 Å². The summed E-state index contributed by atoms with van der Waals surface area (Å²) >= 11 is 0. The summed E-state index contributed by atoms with van der Waals surface area (Å²) in [4.78, 5) is 30.4. The first kappa shape index (κ1) is 23.5. The molecule has 2 amide bonds. The monoisotopic (exact) mass is 461 g/mol. The summed E-state index contributed by atoms with van der Waals surface area (Å²) in [6.45, 7) is 4.66. The van der Waals surface area contributed by atoms with Crippen LogP contribution in [0.1, 0.15) is 64.7 Å². The molecule has 5 aliphatic rings. The number of hydrogen-bond donors (Lipinski definition) is 4. The van der Waals surface area contributed by atoms with E-state index in [1.165, 1.54) is 12.8 Å². The van der Waals surface area contributed by atoms with Crippen LogP contribution >= 0.6 is 0 Å². The van der Waals surface area contributed by atoms with Crippen LogP contribution in [0, 0.1) is 35.5 Å². The first-order valence-electron chi connectivity index (χ1n) is 13.4. The van der Waals surface area contributed by atoms with Crippen molar-refractivity contribution in [3.05, 3.63) is 0 Å². The van der Waals surface area contributed by atoms with Crippen molar-refractivity contribution in [2.45, 2.75) is 83.0 Å². The third kappa shape index (κ3) is 5.09. The van der Waals surface area contributed by atoms with Crippen LogP contribution in [0.2, 0.25) is 0 Å². The maximum Gasteiger partial charge on any atom is 0.225 e. The lowest BCUT2D eigenvalue weighted by Crippen LogP contribution is -2.45. The van der Waals surface area contributed by atoms with Crippen LogP contribution in [0.25, 0.3) is 0 Å². The first-order valence-corrected chi connectivity index (χ1v) is 13.4. The van der Waals surface area contributed by atoms with Gasteiger partial charge in [0.2, 0.25) is 11.8 Å². The third-order valence-corrected chi connectivity index (χ3v) is 9.44. The van der Waals surface area contributed by atoms with Gasteiger partial charge in [0.05, 0.1) is 18.9 Å². The number of fused-ring (bicyclic) bond motifs is 1. The Balaban J connectivity index is 1.09. The van der Waals surface area contributed by atoms with Crippen LogP contribution < -0.4 is 16.2 Å². The van der Waals surface area contributed by atoms with Crippen molar-refractivity contribution < 1.29 is 14.7 Å². The molecule has 0 bridgehead atoms. The predicted octanol–water partition coefficient (Wildman–Crippen LogP) is 1.27. The number of nitrogens with zero attached hydrogens (tertiary/aromatic N) is 2. The van der Waals surface area contributed by atoms with Crippen LogP contribution in [0.4, 0.5) is 0 Å². The van der Waals surface area contributed by atoms with Crippen molar-refractivity contribution >= 4 is 11.8 Å². The number of rotatable bonds is 6. The molecule has 0 aromatic heterocycles. The van der Waals surface area contributed by atoms with E-state index in [0.717, 1.165) is 45.2 Å². The molecule has 2 saturated heterocycles. The molecule has 33 heavy (non-hydrogen) atoms. The minimum absolute atomic E-state index is 0.0206. The number of likely N-dealkylation sites (tertiary alicyclic amines) is 1. The Bertz CT molecular complexity index is 723. The lowest BCUT2D eigenvalue weighted by molar-refractivity contribution is -0.138. The van der Waals surface area contributed by atoms with E-state index in [0.29, 0.717) is 49.3 Å². The molecule has 5 fully saturated rings. The van der Waals surface area contributed by atoms with Gasteiger partial charge in [-0.25, -0.2) is 10.9 Å². The number of piperidine rings is 1. The van der Waals surface area contributed by atoms with Gasteiger partial charge in [-0.15, -0.1) is 0 Å². The van der Waals surface area contributed by atoms with Crippen molar-refractivity contribution in [1.82, 2.24) is 26.0 Å². The fourth-order valence-electron chi connectivity index (χ4n) is 7.07. The topological polar surface area (TPSA) is 96.9 Å². The van der Waals surface area contributed by atoms with E-state index in [9.17, 15) is 14.7 Å². The Morgan fingerprint density at radius 1 is 1.06 bits per heavy atom. The van der Waals surface area contributed by atoms with E-state index in [2.05, 4.69) is 35.0 Å². The average molecular weight is 462 g/mol. The molecule has 0 aromatic rings. The number of carbonyl (C=O) groups excluding carboxylic acids is 2. The van der Waals surface area contributed by atoms with Crippen LogP contribution in [0.3, 0.4) is 0 Å². The van der Waals surface area contributed by atoms with Crippen molar-refractivity contribution in [2.75, 3.05) is 26.8 Å². The number of aliphatic hydroxyl groups excluding tert-OH is 1. The fourth-order valence-corrected chi connectivity index (χ4v) is 7.07.